The smallest absolute Gasteiger partial charge is 0.274 e. The summed E-state index contributed by atoms with van der Waals surface area (Å²) in [7, 11) is 0. The first-order valence-corrected chi connectivity index (χ1v) is 15.2. The van der Waals surface area contributed by atoms with Crippen molar-refractivity contribution in [3.8, 4) is 0 Å². The lowest BCUT2D eigenvalue weighted by Gasteiger charge is -2.52. The quantitative estimate of drug-likeness (QED) is 0.138. The van der Waals surface area contributed by atoms with Gasteiger partial charge in [0.25, 0.3) is 17.5 Å². The summed E-state index contributed by atoms with van der Waals surface area (Å²) in [6, 6.07) is 18.9. The molecule has 2 saturated heterocycles. The number of hydrazone groups is 1. The third kappa shape index (κ3) is 3.12. The fourth-order valence-corrected chi connectivity index (χ4v) is 9.43. The number of imide groups is 2. The van der Waals surface area contributed by atoms with E-state index in [1.165, 1.54) is 18.3 Å². The monoisotopic (exact) mass is 618 g/mol. The van der Waals surface area contributed by atoms with Gasteiger partial charge in [-0.2, -0.15) is 10.1 Å². The molecular formula is C34H23ClN4O6. The molecule has 0 spiro atoms. The molecule has 45 heavy (non-hydrogen) atoms. The summed E-state index contributed by atoms with van der Waals surface area (Å²) in [6.45, 7) is 0. The second kappa shape index (κ2) is 8.82. The van der Waals surface area contributed by atoms with Crippen LogP contribution in [0.1, 0.15) is 34.6 Å². The van der Waals surface area contributed by atoms with E-state index in [0.29, 0.717) is 0 Å². The van der Waals surface area contributed by atoms with Crippen molar-refractivity contribution in [1.82, 2.24) is 5.01 Å². The van der Waals surface area contributed by atoms with Crippen LogP contribution in [0.4, 0.5) is 11.4 Å². The van der Waals surface area contributed by atoms with E-state index in [-0.39, 0.29) is 34.4 Å². The number of halogens is 1. The Morgan fingerprint density at radius 1 is 0.822 bits per heavy atom. The largest absolute Gasteiger partial charge is 0.294 e. The lowest BCUT2D eigenvalue weighted by Crippen LogP contribution is -2.55. The van der Waals surface area contributed by atoms with Crippen molar-refractivity contribution in [2.75, 3.05) is 4.90 Å². The Balaban J connectivity index is 1.25. The fraction of sp³-hybridized carbons (Fsp3) is 0.265. The molecule has 4 bridgehead atoms. The van der Waals surface area contributed by atoms with Crippen molar-refractivity contribution in [1.29, 1.82) is 0 Å². The van der Waals surface area contributed by atoms with Gasteiger partial charge in [0, 0.05) is 23.2 Å². The molecule has 0 aromatic heterocycles. The number of carbonyl (C=O) groups excluding carboxylic acids is 4. The number of fused-ring (bicyclic) bond motifs is 5. The second-order valence-electron chi connectivity index (χ2n) is 12.7. The van der Waals surface area contributed by atoms with Crippen LogP contribution in [0.3, 0.4) is 0 Å². The van der Waals surface area contributed by atoms with Crippen molar-refractivity contribution in [3.63, 3.8) is 0 Å². The Bertz CT molecular complexity index is 1930. The Kier molecular flexibility index (Phi) is 5.18. The van der Waals surface area contributed by atoms with E-state index >= 15 is 0 Å². The maximum atomic E-state index is 14.6. The second-order valence-corrected chi connectivity index (χ2v) is 13.1. The number of hydrogen-bond acceptors (Lipinski definition) is 7. The standard InChI is InChI=1S/C34H23ClN4O6/c35-18-11-12-23(24(14-18)39(44)45)37-30(40)28-27-19-5-1-3-7-21(19)34(29(28)33(37)43,22-8-4-2-6-20(22)27)15-36-38-31(41)25-16-9-10-17(13-16)26(25)32(38)42/h1-12,14-17,25-29H,13H2/b36-15-/t16-,17-,25-,26+,27?,28+,29+,34?/m0/s1. The predicted molar refractivity (Wildman–Crippen MR) is 161 cm³/mol. The summed E-state index contributed by atoms with van der Waals surface area (Å²) in [5.41, 5.74) is 1.18. The van der Waals surface area contributed by atoms with Crippen molar-refractivity contribution in [2.45, 2.75) is 17.8 Å². The molecule has 3 fully saturated rings. The summed E-state index contributed by atoms with van der Waals surface area (Å²) in [5, 5.41) is 17.7. The topological polar surface area (TPSA) is 130 Å². The van der Waals surface area contributed by atoms with Gasteiger partial charge in [0.15, 0.2) is 0 Å². The third-order valence-corrected chi connectivity index (χ3v) is 11.1. The zero-order valence-electron chi connectivity index (χ0n) is 23.4. The van der Waals surface area contributed by atoms with E-state index in [2.05, 4.69) is 5.10 Å². The predicted octanol–water partition coefficient (Wildman–Crippen LogP) is 4.59. The van der Waals surface area contributed by atoms with E-state index < -0.39 is 57.4 Å². The van der Waals surface area contributed by atoms with Gasteiger partial charge in [-0.05, 0) is 52.6 Å². The molecule has 6 atom stereocenters. The van der Waals surface area contributed by atoms with Crippen LogP contribution >= 0.6 is 11.6 Å². The molecule has 2 aliphatic heterocycles. The van der Waals surface area contributed by atoms with Crippen molar-refractivity contribution in [2.24, 2.45) is 40.6 Å². The van der Waals surface area contributed by atoms with Crippen molar-refractivity contribution < 1.29 is 24.1 Å². The van der Waals surface area contributed by atoms with Crippen molar-refractivity contribution in [3.05, 3.63) is 116 Å². The summed E-state index contributed by atoms with van der Waals surface area (Å²) in [4.78, 5) is 68.6. The number of amides is 4. The number of nitro benzene ring substituents is 1. The summed E-state index contributed by atoms with van der Waals surface area (Å²) in [6.07, 6.45) is 6.31. The SMILES string of the molecule is O=C1[C@@H]2[C@H](C(=O)N1/N=C\C13c4ccccc4C(c4ccccc41)[C@H]1C(=O)N(c4ccc(Cl)cc4[N+](=O)[O-])C(=O)[C@@H]13)[C@H]1C=C[C@H]2C1. The van der Waals surface area contributed by atoms with E-state index in [1.807, 2.05) is 60.7 Å². The molecule has 0 unspecified atom stereocenters. The molecule has 3 aromatic carbocycles. The van der Waals surface area contributed by atoms with Gasteiger partial charge in [-0.1, -0.05) is 72.3 Å². The summed E-state index contributed by atoms with van der Waals surface area (Å²) >= 11 is 6.07. The van der Waals surface area contributed by atoms with Crippen LogP contribution in [-0.2, 0) is 24.6 Å². The van der Waals surface area contributed by atoms with E-state index in [4.69, 9.17) is 11.6 Å². The van der Waals surface area contributed by atoms with E-state index in [1.54, 1.807) is 0 Å². The molecule has 0 radical (unpaired) electrons. The molecule has 10 rings (SSSR count). The van der Waals surface area contributed by atoms with Gasteiger partial charge in [-0.3, -0.25) is 29.3 Å². The number of anilines is 1. The molecule has 5 aliphatic carbocycles. The van der Waals surface area contributed by atoms with Gasteiger partial charge in [0.1, 0.15) is 5.69 Å². The van der Waals surface area contributed by atoms with Gasteiger partial charge in [-0.15, -0.1) is 0 Å². The van der Waals surface area contributed by atoms with Gasteiger partial charge >= 0.3 is 0 Å². The van der Waals surface area contributed by atoms with Crippen LogP contribution in [0.2, 0.25) is 5.02 Å². The minimum Gasteiger partial charge on any atom is -0.274 e. The molecule has 1 saturated carbocycles. The number of benzene rings is 3. The molecule has 11 heteroatoms. The van der Waals surface area contributed by atoms with Crippen LogP contribution in [0.15, 0.2) is 84.0 Å². The first kappa shape index (κ1) is 26.4. The fourth-order valence-electron chi connectivity index (χ4n) is 9.27. The Morgan fingerprint density at radius 2 is 1.42 bits per heavy atom. The van der Waals surface area contributed by atoms with Gasteiger partial charge in [0.2, 0.25) is 11.8 Å². The molecule has 2 heterocycles. The number of allylic oxidation sites excluding steroid dienone is 2. The maximum Gasteiger partial charge on any atom is 0.294 e. The molecular weight excluding hydrogens is 596 g/mol. The number of nitro groups is 1. The third-order valence-electron chi connectivity index (χ3n) is 10.9. The number of carbonyl (C=O) groups is 4. The minimum atomic E-state index is -1.34. The lowest BCUT2D eigenvalue weighted by molar-refractivity contribution is -0.384. The highest BCUT2D eigenvalue weighted by molar-refractivity contribution is 6.31. The van der Waals surface area contributed by atoms with Crippen LogP contribution in [0.5, 0.6) is 0 Å². The molecule has 0 N–H and O–H groups in total. The van der Waals surface area contributed by atoms with Crippen molar-refractivity contribution >= 4 is 52.8 Å². The van der Waals surface area contributed by atoms with E-state index in [0.717, 1.165) is 44.6 Å². The number of nitrogens with zero attached hydrogens (tertiary/aromatic N) is 4. The Hall–Kier alpha value is -4.96. The molecule has 4 amide bonds. The number of rotatable bonds is 4. The van der Waals surface area contributed by atoms with Crippen LogP contribution < -0.4 is 4.90 Å². The average molecular weight is 619 g/mol. The zero-order chi connectivity index (χ0) is 30.9. The van der Waals surface area contributed by atoms with Crippen LogP contribution in [-0.4, -0.2) is 39.8 Å². The maximum absolute atomic E-state index is 14.6. The molecule has 222 valence electrons. The Labute approximate surface area is 261 Å². The summed E-state index contributed by atoms with van der Waals surface area (Å²) in [5.74, 6) is -5.24. The molecule has 10 nitrogen and oxygen atoms in total. The molecule has 7 aliphatic rings. The highest BCUT2D eigenvalue weighted by Crippen LogP contribution is 2.64. The van der Waals surface area contributed by atoms with Gasteiger partial charge in [-0.25, -0.2) is 4.90 Å². The average Bonchev–Trinajstić information content (AvgIpc) is 3.79. The van der Waals surface area contributed by atoms with E-state index in [9.17, 15) is 29.3 Å². The molecule has 3 aromatic rings. The normalized spacial score (nSPS) is 33.3. The first-order chi connectivity index (χ1) is 21.7. The first-order valence-electron chi connectivity index (χ1n) is 14.9. The minimum absolute atomic E-state index is 0.00326. The van der Waals surface area contributed by atoms with Gasteiger partial charge in [0.05, 0.1) is 34.0 Å². The van der Waals surface area contributed by atoms with Crippen LogP contribution in [0.25, 0.3) is 0 Å². The zero-order valence-corrected chi connectivity index (χ0v) is 24.2. The Morgan fingerprint density at radius 3 is 2.02 bits per heavy atom. The highest BCUT2D eigenvalue weighted by Gasteiger charge is 2.69. The lowest BCUT2D eigenvalue weighted by atomic mass is 9.47. The van der Waals surface area contributed by atoms with Crippen LogP contribution in [0, 0.1) is 45.6 Å². The number of hydrogen-bond donors (Lipinski definition) is 0. The highest BCUT2D eigenvalue weighted by atomic mass is 35.5. The van der Waals surface area contributed by atoms with Gasteiger partial charge < -0.3 is 0 Å². The summed E-state index contributed by atoms with van der Waals surface area (Å²) < 4.78 is 0.